The minimum absolute atomic E-state index is 0.502. The van der Waals surface area contributed by atoms with Gasteiger partial charge in [-0.25, -0.2) is 0 Å². The van der Waals surface area contributed by atoms with Crippen LogP contribution in [-0.2, 0) is 6.42 Å². The Balaban J connectivity index is 2.05. The van der Waals surface area contributed by atoms with E-state index in [4.69, 9.17) is 10.5 Å². The normalized spacial score (nSPS) is 10.2. The highest BCUT2D eigenvalue weighted by atomic mass is 16.5. The second-order valence-electron chi connectivity index (χ2n) is 3.80. The van der Waals surface area contributed by atoms with Crippen molar-refractivity contribution in [2.75, 3.05) is 6.54 Å². The molecule has 0 radical (unpaired) electrons. The summed E-state index contributed by atoms with van der Waals surface area (Å²) in [5.41, 5.74) is 7.56. The summed E-state index contributed by atoms with van der Waals surface area (Å²) in [6.45, 7) is 2.54. The third kappa shape index (κ3) is 3.26. The number of hydrogen-bond donors (Lipinski definition) is 1. The number of ether oxygens (including phenoxy) is 1. The van der Waals surface area contributed by atoms with Crippen molar-refractivity contribution in [1.82, 2.24) is 10.2 Å². The van der Waals surface area contributed by atoms with Gasteiger partial charge >= 0.3 is 0 Å². The first-order valence-electron chi connectivity index (χ1n) is 5.55. The molecule has 0 bridgehead atoms. The van der Waals surface area contributed by atoms with Gasteiger partial charge in [0.1, 0.15) is 5.75 Å². The van der Waals surface area contributed by atoms with Crippen LogP contribution in [0.25, 0.3) is 0 Å². The van der Waals surface area contributed by atoms with Crippen molar-refractivity contribution < 1.29 is 4.74 Å². The van der Waals surface area contributed by atoms with Gasteiger partial charge in [-0.15, -0.1) is 5.10 Å². The minimum atomic E-state index is 0.502. The Labute approximate surface area is 100 Å². The van der Waals surface area contributed by atoms with Crippen molar-refractivity contribution in [2.45, 2.75) is 13.3 Å². The second kappa shape index (κ2) is 5.41. The Morgan fingerprint density at radius 1 is 1.06 bits per heavy atom. The number of aromatic nitrogens is 2. The molecule has 88 valence electrons. The molecule has 2 rings (SSSR count). The van der Waals surface area contributed by atoms with E-state index in [1.807, 2.05) is 37.3 Å². The van der Waals surface area contributed by atoms with Gasteiger partial charge in [0.15, 0.2) is 0 Å². The monoisotopic (exact) mass is 229 g/mol. The summed E-state index contributed by atoms with van der Waals surface area (Å²) in [6.07, 6.45) is 0.880. The fourth-order valence-electron chi connectivity index (χ4n) is 1.45. The van der Waals surface area contributed by atoms with Crippen molar-refractivity contribution in [3.8, 4) is 11.6 Å². The minimum Gasteiger partial charge on any atom is -0.438 e. The predicted molar refractivity (Wildman–Crippen MR) is 66.0 cm³/mol. The van der Waals surface area contributed by atoms with Gasteiger partial charge in [-0.3, -0.25) is 0 Å². The summed E-state index contributed by atoms with van der Waals surface area (Å²) >= 11 is 0. The molecule has 1 aromatic heterocycles. The number of nitrogens with zero attached hydrogens (tertiary/aromatic N) is 2. The van der Waals surface area contributed by atoms with Crippen molar-refractivity contribution in [3.63, 3.8) is 0 Å². The Kier molecular flexibility index (Phi) is 3.67. The van der Waals surface area contributed by atoms with Crippen molar-refractivity contribution >= 4 is 0 Å². The van der Waals surface area contributed by atoms with E-state index in [1.165, 1.54) is 5.56 Å². The van der Waals surface area contributed by atoms with Gasteiger partial charge in [0.25, 0.3) is 0 Å². The second-order valence-corrected chi connectivity index (χ2v) is 3.80. The van der Waals surface area contributed by atoms with Crippen molar-refractivity contribution in [1.29, 1.82) is 0 Å². The third-order valence-corrected chi connectivity index (χ3v) is 2.35. The topological polar surface area (TPSA) is 61.0 Å². The highest BCUT2D eigenvalue weighted by Crippen LogP contribution is 2.19. The van der Waals surface area contributed by atoms with Gasteiger partial charge in [0.2, 0.25) is 5.88 Å². The Morgan fingerprint density at radius 3 is 2.41 bits per heavy atom. The molecular formula is C13H15N3O. The van der Waals surface area contributed by atoms with Crippen LogP contribution in [0.1, 0.15) is 11.3 Å². The summed E-state index contributed by atoms with van der Waals surface area (Å²) in [4.78, 5) is 0. The number of rotatable bonds is 4. The maximum absolute atomic E-state index is 5.56. The van der Waals surface area contributed by atoms with E-state index in [0.717, 1.165) is 17.9 Å². The summed E-state index contributed by atoms with van der Waals surface area (Å²) < 4.78 is 5.56. The fraction of sp³-hybridized carbons (Fsp3) is 0.231. The number of aryl methyl sites for hydroxylation is 1. The Morgan fingerprint density at radius 2 is 1.82 bits per heavy atom. The molecule has 4 nitrogen and oxygen atoms in total. The van der Waals surface area contributed by atoms with E-state index in [0.29, 0.717) is 12.4 Å². The summed E-state index contributed by atoms with van der Waals surface area (Å²) in [7, 11) is 0. The first-order valence-corrected chi connectivity index (χ1v) is 5.55. The average molecular weight is 229 g/mol. The smallest absolute Gasteiger partial charge is 0.238 e. The summed E-state index contributed by atoms with van der Waals surface area (Å²) in [5.74, 6) is 1.26. The third-order valence-electron chi connectivity index (χ3n) is 2.35. The van der Waals surface area contributed by atoms with Crippen LogP contribution in [0.5, 0.6) is 11.6 Å². The van der Waals surface area contributed by atoms with Crippen LogP contribution in [0.2, 0.25) is 0 Å². The van der Waals surface area contributed by atoms with Crippen molar-refractivity contribution in [2.24, 2.45) is 5.73 Å². The van der Waals surface area contributed by atoms with Crippen LogP contribution in [0.15, 0.2) is 36.4 Å². The lowest BCUT2D eigenvalue weighted by molar-refractivity contribution is 0.454. The molecule has 0 fully saturated rings. The van der Waals surface area contributed by atoms with Crippen LogP contribution >= 0.6 is 0 Å². The predicted octanol–water partition coefficient (Wildman–Crippen LogP) is 2.08. The van der Waals surface area contributed by atoms with Crippen molar-refractivity contribution in [3.05, 3.63) is 47.7 Å². The first-order chi connectivity index (χ1) is 8.28. The fourth-order valence-corrected chi connectivity index (χ4v) is 1.45. The molecule has 0 unspecified atom stereocenters. The number of nitrogens with two attached hydrogens (primary N) is 1. The molecule has 2 N–H and O–H groups in total. The maximum atomic E-state index is 5.56. The number of hydrogen-bond acceptors (Lipinski definition) is 4. The highest BCUT2D eigenvalue weighted by molar-refractivity contribution is 5.30. The summed E-state index contributed by atoms with van der Waals surface area (Å²) in [6, 6.07) is 11.5. The molecule has 1 aromatic carbocycles. The van der Waals surface area contributed by atoms with Crippen LogP contribution < -0.4 is 10.5 Å². The van der Waals surface area contributed by atoms with E-state index in [2.05, 4.69) is 10.2 Å². The molecule has 0 saturated carbocycles. The molecule has 0 atom stereocenters. The molecule has 0 saturated heterocycles. The lowest BCUT2D eigenvalue weighted by Crippen LogP contribution is -2.02. The quantitative estimate of drug-likeness (QED) is 0.872. The average Bonchev–Trinajstić information content (AvgIpc) is 2.35. The Bertz CT molecular complexity index is 465. The van der Waals surface area contributed by atoms with Gasteiger partial charge in [-0.2, -0.15) is 5.10 Å². The van der Waals surface area contributed by atoms with Gasteiger partial charge in [0, 0.05) is 6.07 Å². The highest BCUT2D eigenvalue weighted by Gasteiger charge is 1.99. The summed E-state index contributed by atoms with van der Waals surface area (Å²) in [5, 5.41) is 7.87. The van der Waals surface area contributed by atoms with E-state index in [1.54, 1.807) is 6.07 Å². The van der Waals surface area contributed by atoms with E-state index in [9.17, 15) is 0 Å². The van der Waals surface area contributed by atoms with Gasteiger partial charge in [-0.05, 0) is 43.7 Å². The molecule has 0 spiro atoms. The zero-order valence-electron chi connectivity index (χ0n) is 9.76. The molecular weight excluding hydrogens is 214 g/mol. The van der Waals surface area contributed by atoms with Gasteiger partial charge < -0.3 is 10.5 Å². The van der Waals surface area contributed by atoms with E-state index in [-0.39, 0.29) is 0 Å². The lowest BCUT2D eigenvalue weighted by Gasteiger charge is -2.05. The van der Waals surface area contributed by atoms with Gasteiger partial charge in [0.05, 0.1) is 5.69 Å². The molecule has 0 aliphatic rings. The van der Waals surface area contributed by atoms with Gasteiger partial charge in [-0.1, -0.05) is 12.1 Å². The number of benzene rings is 1. The van der Waals surface area contributed by atoms with Crippen LogP contribution in [0.4, 0.5) is 0 Å². The van der Waals surface area contributed by atoms with E-state index >= 15 is 0 Å². The van der Waals surface area contributed by atoms with Crippen LogP contribution in [0.3, 0.4) is 0 Å². The first kappa shape index (κ1) is 11.5. The largest absolute Gasteiger partial charge is 0.438 e. The zero-order valence-corrected chi connectivity index (χ0v) is 9.76. The Hall–Kier alpha value is -1.94. The molecule has 0 aliphatic heterocycles. The lowest BCUT2D eigenvalue weighted by atomic mass is 10.1. The molecule has 2 aromatic rings. The SMILES string of the molecule is Cc1ccc(Oc2ccc(CCN)cc2)nn1. The molecule has 0 amide bonds. The van der Waals surface area contributed by atoms with Crippen LogP contribution in [0, 0.1) is 6.92 Å². The standard InChI is InChI=1S/C13H15N3O/c1-10-2-7-13(16-15-10)17-12-5-3-11(4-6-12)8-9-14/h2-7H,8-9,14H2,1H3. The zero-order chi connectivity index (χ0) is 12.1. The molecule has 0 aliphatic carbocycles. The van der Waals surface area contributed by atoms with E-state index < -0.39 is 0 Å². The van der Waals surface area contributed by atoms with Crippen LogP contribution in [-0.4, -0.2) is 16.7 Å². The molecule has 4 heteroatoms. The molecule has 1 heterocycles. The molecule has 17 heavy (non-hydrogen) atoms. The maximum Gasteiger partial charge on any atom is 0.238 e.